The SMILES string of the molecule is CC.CC.Cc1cc(C(C)Nc2ccccc2C(=O)O)c2nc(N3CCC(C)(C)CC3)n(CF)c(=O)c2c1. The molecule has 8 heteroatoms. The van der Waals surface area contributed by atoms with Gasteiger partial charge in [-0.15, -0.1) is 0 Å². The number of hydrogen-bond acceptors (Lipinski definition) is 5. The monoisotopic (exact) mass is 526 g/mol. The van der Waals surface area contributed by atoms with E-state index in [1.807, 2.05) is 52.5 Å². The minimum atomic E-state index is -1.02. The number of piperidine rings is 1. The number of carboxylic acid groups (broad SMARTS) is 1. The molecular weight excluding hydrogens is 483 g/mol. The first-order valence-electron chi connectivity index (χ1n) is 13.6. The Balaban J connectivity index is 0.00000121. The number of nitrogens with one attached hydrogen (secondary N) is 1. The molecule has 38 heavy (non-hydrogen) atoms. The molecule has 3 aromatic rings. The Labute approximate surface area is 225 Å². The Hall–Kier alpha value is -3.42. The van der Waals surface area contributed by atoms with E-state index in [2.05, 4.69) is 19.2 Å². The first kappa shape index (κ1) is 30.8. The molecule has 4 rings (SSSR count). The number of fused-ring (bicyclic) bond motifs is 1. The fourth-order valence-electron chi connectivity index (χ4n) is 4.59. The van der Waals surface area contributed by atoms with Crippen molar-refractivity contribution >= 4 is 28.5 Å². The van der Waals surface area contributed by atoms with Crippen molar-refractivity contribution in [2.45, 2.75) is 81.1 Å². The number of halogens is 1. The molecule has 2 aromatic carbocycles. The molecule has 2 heterocycles. The maximum absolute atomic E-state index is 14.1. The molecular formula is C30H43FN4O3. The number of para-hydroxylation sites is 1. The van der Waals surface area contributed by atoms with Crippen LogP contribution < -0.4 is 15.8 Å². The van der Waals surface area contributed by atoms with Crippen molar-refractivity contribution in [2.75, 3.05) is 23.3 Å². The highest BCUT2D eigenvalue weighted by atomic mass is 19.1. The van der Waals surface area contributed by atoms with Crippen molar-refractivity contribution in [3.8, 4) is 0 Å². The van der Waals surface area contributed by atoms with Crippen LogP contribution in [-0.4, -0.2) is 33.7 Å². The number of aromatic nitrogens is 2. The molecule has 1 aliphatic heterocycles. The second-order valence-corrected chi connectivity index (χ2v) is 9.88. The fourth-order valence-corrected chi connectivity index (χ4v) is 4.59. The van der Waals surface area contributed by atoms with Gasteiger partial charge in [-0.1, -0.05) is 59.7 Å². The van der Waals surface area contributed by atoms with E-state index in [0.717, 1.165) is 28.5 Å². The highest BCUT2D eigenvalue weighted by Crippen LogP contribution is 2.33. The van der Waals surface area contributed by atoms with Crippen LogP contribution in [0.2, 0.25) is 0 Å². The van der Waals surface area contributed by atoms with E-state index in [9.17, 15) is 19.1 Å². The largest absolute Gasteiger partial charge is 0.478 e. The number of rotatable bonds is 6. The van der Waals surface area contributed by atoms with Gasteiger partial charge in [-0.05, 0) is 55.9 Å². The number of aryl methyl sites for hydroxylation is 1. The molecule has 0 amide bonds. The summed E-state index contributed by atoms with van der Waals surface area (Å²) < 4.78 is 15.2. The zero-order valence-electron chi connectivity index (χ0n) is 24.1. The van der Waals surface area contributed by atoms with E-state index < -0.39 is 18.3 Å². The zero-order chi connectivity index (χ0) is 28.6. The maximum atomic E-state index is 14.1. The van der Waals surface area contributed by atoms with Crippen LogP contribution in [0.25, 0.3) is 10.9 Å². The number of carbonyl (C=O) groups is 1. The number of aromatic carboxylic acids is 1. The number of anilines is 2. The van der Waals surface area contributed by atoms with E-state index in [0.29, 0.717) is 35.6 Å². The summed E-state index contributed by atoms with van der Waals surface area (Å²) in [7, 11) is 0. The van der Waals surface area contributed by atoms with Gasteiger partial charge in [0.15, 0.2) is 6.80 Å². The molecule has 2 N–H and O–H groups in total. The van der Waals surface area contributed by atoms with Gasteiger partial charge in [-0.25, -0.2) is 18.7 Å². The summed E-state index contributed by atoms with van der Waals surface area (Å²) in [5.41, 5.74) is 2.55. The van der Waals surface area contributed by atoms with E-state index in [4.69, 9.17) is 4.98 Å². The highest BCUT2D eigenvalue weighted by Gasteiger charge is 2.29. The lowest BCUT2D eigenvalue weighted by molar-refractivity contribution is 0.0698. The summed E-state index contributed by atoms with van der Waals surface area (Å²) in [5, 5.41) is 13.2. The Morgan fingerprint density at radius 1 is 1.13 bits per heavy atom. The van der Waals surface area contributed by atoms with E-state index in [1.54, 1.807) is 30.3 Å². The van der Waals surface area contributed by atoms with Crippen LogP contribution in [0.4, 0.5) is 16.0 Å². The van der Waals surface area contributed by atoms with Gasteiger partial charge in [0.1, 0.15) is 0 Å². The molecule has 0 radical (unpaired) electrons. The molecule has 0 saturated carbocycles. The predicted molar refractivity (Wildman–Crippen MR) is 155 cm³/mol. The average molecular weight is 527 g/mol. The van der Waals surface area contributed by atoms with Gasteiger partial charge in [-0.3, -0.25) is 4.79 Å². The fraction of sp³-hybridized carbons (Fsp3) is 0.500. The standard InChI is InChI=1S/C26H31FN4O3.2C2H6/c1-16-13-19(17(2)28-21-8-6-5-7-18(21)24(33)34)22-20(14-16)23(32)31(15-27)25(29-22)30-11-9-26(3,4)10-12-30;2*1-2/h5-8,13-14,17,28H,9-12,15H2,1-4H3,(H,33,34);2*1-2H3. The quantitative estimate of drug-likeness (QED) is 0.354. The van der Waals surface area contributed by atoms with Gasteiger partial charge in [0.05, 0.1) is 22.5 Å². The van der Waals surface area contributed by atoms with Gasteiger partial charge < -0.3 is 15.3 Å². The molecule has 0 aliphatic carbocycles. The molecule has 0 bridgehead atoms. The molecule has 1 unspecified atom stereocenters. The van der Waals surface area contributed by atoms with Crippen molar-refractivity contribution in [1.82, 2.24) is 9.55 Å². The average Bonchev–Trinajstić information content (AvgIpc) is 2.91. The summed E-state index contributed by atoms with van der Waals surface area (Å²) in [4.78, 5) is 31.8. The zero-order valence-corrected chi connectivity index (χ0v) is 24.1. The van der Waals surface area contributed by atoms with Gasteiger partial charge in [0.2, 0.25) is 5.95 Å². The lowest BCUT2D eigenvalue weighted by Gasteiger charge is -2.38. The van der Waals surface area contributed by atoms with Crippen molar-refractivity contribution in [3.05, 3.63) is 63.4 Å². The van der Waals surface area contributed by atoms with Crippen LogP contribution >= 0.6 is 0 Å². The molecule has 0 spiro atoms. The van der Waals surface area contributed by atoms with E-state index in [1.165, 1.54) is 0 Å². The summed E-state index contributed by atoms with van der Waals surface area (Å²) in [6.45, 7) is 16.7. The molecule has 1 fully saturated rings. The molecule has 1 aromatic heterocycles. The summed E-state index contributed by atoms with van der Waals surface area (Å²) in [5.74, 6) is -0.678. The second kappa shape index (κ2) is 13.4. The van der Waals surface area contributed by atoms with Gasteiger partial charge in [-0.2, -0.15) is 0 Å². The molecule has 208 valence electrons. The molecule has 1 saturated heterocycles. The van der Waals surface area contributed by atoms with Crippen LogP contribution in [0.5, 0.6) is 0 Å². The van der Waals surface area contributed by atoms with Crippen molar-refractivity contribution in [1.29, 1.82) is 0 Å². The third-order valence-corrected chi connectivity index (χ3v) is 6.73. The summed E-state index contributed by atoms with van der Waals surface area (Å²) in [6, 6.07) is 10.0. The number of hydrogen-bond donors (Lipinski definition) is 2. The van der Waals surface area contributed by atoms with E-state index >= 15 is 0 Å². The Morgan fingerprint density at radius 2 is 1.74 bits per heavy atom. The van der Waals surface area contributed by atoms with E-state index in [-0.39, 0.29) is 17.0 Å². The van der Waals surface area contributed by atoms with Crippen LogP contribution in [-0.2, 0) is 6.80 Å². The molecule has 1 aliphatic rings. The number of alkyl halides is 1. The van der Waals surface area contributed by atoms with Crippen molar-refractivity contribution < 1.29 is 14.3 Å². The predicted octanol–water partition coefficient (Wildman–Crippen LogP) is 7.18. The topological polar surface area (TPSA) is 87.5 Å². The highest BCUT2D eigenvalue weighted by molar-refractivity contribution is 5.94. The molecule has 1 atom stereocenters. The number of benzene rings is 2. The number of carboxylic acids is 1. The number of nitrogens with zero attached hydrogens (tertiary/aromatic N) is 3. The third kappa shape index (κ3) is 6.71. The maximum Gasteiger partial charge on any atom is 0.337 e. The lowest BCUT2D eigenvalue weighted by Crippen LogP contribution is -2.41. The van der Waals surface area contributed by atoms with Crippen LogP contribution in [0.15, 0.2) is 41.2 Å². The smallest absolute Gasteiger partial charge is 0.337 e. The second-order valence-electron chi connectivity index (χ2n) is 9.88. The van der Waals surface area contributed by atoms with Crippen LogP contribution in [0, 0.1) is 12.3 Å². The minimum absolute atomic E-state index is 0.163. The van der Waals surface area contributed by atoms with Crippen molar-refractivity contribution in [3.63, 3.8) is 0 Å². The first-order chi connectivity index (χ1) is 18.1. The van der Waals surface area contributed by atoms with Gasteiger partial charge >= 0.3 is 5.97 Å². The Kier molecular flexibility index (Phi) is 10.9. The normalized spacial score (nSPS) is 15.0. The Morgan fingerprint density at radius 3 is 2.32 bits per heavy atom. The van der Waals surface area contributed by atoms with Crippen LogP contribution in [0.1, 0.15) is 88.8 Å². The summed E-state index contributed by atoms with van der Waals surface area (Å²) >= 11 is 0. The summed E-state index contributed by atoms with van der Waals surface area (Å²) in [6.07, 6.45) is 1.86. The minimum Gasteiger partial charge on any atom is -0.478 e. The van der Waals surface area contributed by atoms with Gasteiger partial charge in [0, 0.05) is 24.3 Å². The van der Waals surface area contributed by atoms with Gasteiger partial charge in [0.25, 0.3) is 5.56 Å². The third-order valence-electron chi connectivity index (χ3n) is 6.73. The lowest BCUT2D eigenvalue weighted by atomic mass is 9.83. The molecule has 7 nitrogen and oxygen atoms in total. The Bertz CT molecular complexity index is 1290. The first-order valence-corrected chi connectivity index (χ1v) is 13.6. The van der Waals surface area contributed by atoms with Crippen LogP contribution in [0.3, 0.4) is 0 Å². The van der Waals surface area contributed by atoms with Crippen molar-refractivity contribution in [2.24, 2.45) is 5.41 Å².